The number of likely N-dealkylation sites (N-methyl/N-ethyl adjacent to an activating group) is 1. The normalized spacial score (nSPS) is 23.9. The first-order valence-electron chi connectivity index (χ1n) is 11.2. The van der Waals surface area contributed by atoms with Crippen molar-refractivity contribution in [2.75, 3.05) is 27.2 Å². The fourth-order valence-electron chi connectivity index (χ4n) is 4.76. The molecule has 8 heteroatoms. The molecule has 0 spiro atoms. The summed E-state index contributed by atoms with van der Waals surface area (Å²) in [6.07, 6.45) is 2.14. The average Bonchev–Trinajstić information content (AvgIpc) is 3.45. The number of rotatable bonds is 8. The van der Waals surface area contributed by atoms with Gasteiger partial charge in [-0.25, -0.2) is 0 Å². The summed E-state index contributed by atoms with van der Waals surface area (Å²) >= 11 is 1.74. The van der Waals surface area contributed by atoms with Crippen LogP contribution in [0.25, 0.3) is 0 Å². The van der Waals surface area contributed by atoms with Crippen molar-refractivity contribution >= 4 is 23.2 Å². The van der Waals surface area contributed by atoms with Gasteiger partial charge in [0.1, 0.15) is 11.8 Å². The fourth-order valence-corrected chi connectivity index (χ4v) is 5.49. The molecule has 2 N–H and O–H groups in total. The van der Waals surface area contributed by atoms with Gasteiger partial charge < -0.3 is 15.4 Å². The van der Waals surface area contributed by atoms with Gasteiger partial charge in [0.2, 0.25) is 11.8 Å². The molecule has 1 aromatic heterocycles. The second kappa shape index (κ2) is 10.5. The van der Waals surface area contributed by atoms with Crippen molar-refractivity contribution in [2.24, 2.45) is 0 Å². The van der Waals surface area contributed by atoms with Crippen LogP contribution in [-0.4, -0.2) is 67.0 Å². The van der Waals surface area contributed by atoms with Crippen LogP contribution < -0.4 is 15.4 Å². The van der Waals surface area contributed by atoms with Gasteiger partial charge in [-0.2, -0.15) is 0 Å². The molecule has 3 atom stereocenters. The summed E-state index contributed by atoms with van der Waals surface area (Å²) in [5.74, 6) is 0.951. The number of hydrogen-bond donors (Lipinski definition) is 2. The van der Waals surface area contributed by atoms with E-state index in [0.29, 0.717) is 19.5 Å². The third-order valence-corrected chi connectivity index (χ3v) is 7.50. The fraction of sp³-hybridized carbons (Fsp3) is 0.500. The monoisotopic (exact) mass is 456 g/mol. The minimum Gasteiger partial charge on any atom is -0.497 e. The van der Waals surface area contributed by atoms with Gasteiger partial charge in [-0.05, 0) is 49.0 Å². The van der Waals surface area contributed by atoms with E-state index in [1.54, 1.807) is 18.4 Å². The first-order chi connectivity index (χ1) is 15.5. The highest BCUT2D eigenvalue weighted by atomic mass is 32.1. The Morgan fingerprint density at radius 1 is 1.28 bits per heavy atom. The Balaban J connectivity index is 1.29. The second-order valence-electron chi connectivity index (χ2n) is 8.58. The average molecular weight is 457 g/mol. The van der Waals surface area contributed by atoms with Crippen LogP contribution in [0.15, 0.2) is 41.8 Å². The van der Waals surface area contributed by atoms with Crippen molar-refractivity contribution in [3.63, 3.8) is 0 Å². The number of nitrogens with one attached hydrogen (secondary N) is 2. The largest absolute Gasteiger partial charge is 0.497 e. The van der Waals surface area contributed by atoms with E-state index in [0.717, 1.165) is 37.2 Å². The van der Waals surface area contributed by atoms with Gasteiger partial charge >= 0.3 is 0 Å². The predicted octanol–water partition coefficient (Wildman–Crippen LogP) is 2.23. The molecule has 2 amide bonds. The topological polar surface area (TPSA) is 73.9 Å². The summed E-state index contributed by atoms with van der Waals surface area (Å²) in [7, 11) is 3.74. The van der Waals surface area contributed by atoms with E-state index in [-0.39, 0.29) is 29.9 Å². The number of thiophene rings is 1. The molecule has 0 saturated carbocycles. The minimum atomic E-state index is -0.129. The summed E-state index contributed by atoms with van der Waals surface area (Å²) in [6, 6.07) is 12.1. The highest BCUT2D eigenvalue weighted by Crippen LogP contribution is 2.29. The quantitative estimate of drug-likeness (QED) is 0.637. The van der Waals surface area contributed by atoms with Crippen molar-refractivity contribution in [3.8, 4) is 5.75 Å². The number of benzene rings is 1. The summed E-state index contributed by atoms with van der Waals surface area (Å²) in [5.41, 5.74) is 1.04. The summed E-state index contributed by atoms with van der Waals surface area (Å²) in [5, 5.41) is 8.22. The number of hydrogen-bond acceptors (Lipinski definition) is 6. The first kappa shape index (κ1) is 22.8. The molecule has 4 rings (SSSR count). The molecule has 32 heavy (non-hydrogen) atoms. The Morgan fingerprint density at radius 3 is 2.81 bits per heavy atom. The lowest BCUT2D eigenvalue weighted by Gasteiger charge is -2.33. The highest BCUT2D eigenvalue weighted by molar-refractivity contribution is 7.09. The third kappa shape index (κ3) is 5.31. The Labute approximate surface area is 193 Å². The zero-order chi connectivity index (χ0) is 22.5. The number of likely N-dealkylation sites (tertiary alicyclic amines) is 1. The zero-order valence-corrected chi connectivity index (χ0v) is 19.6. The summed E-state index contributed by atoms with van der Waals surface area (Å²) in [4.78, 5) is 31.3. The van der Waals surface area contributed by atoms with Crippen LogP contribution >= 0.6 is 11.3 Å². The van der Waals surface area contributed by atoms with E-state index in [2.05, 4.69) is 45.0 Å². The van der Waals surface area contributed by atoms with Gasteiger partial charge in [-0.3, -0.25) is 19.4 Å². The molecule has 172 valence electrons. The molecule has 0 bridgehead atoms. The number of amides is 2. The molecular weight excluding hydrogens is 424 g/mol. The van der Waals surface area contributed by atoms with Gasteiger partial charge in [0.05, 0.1) is 7.11 Å². The van der Waals surface area contributed by atoms with Crippen molar-refractivity contribution < 1.29 is 14.3 Å². The molecule has 0 aliphatic carbocycles. The summed E-state index contributed by atoms with van der Waals surface area (Å²) < 4.78 is 5.17. The van der Waals surface area contributed by atoms with Crippen molar-refractivity contribution in [1.82, 2.24) is 20.4 Å². The van der Waals surface area contributed by atoms with Crippen molar-refractivity contribution in [1.29, 1.82) is 0 Å². The number of carbonyl (C=O) groups excluding carboxylic acids is 2. The van der Waals surface area contributed by atoms with E-state index in [1.807, 2.05) is 24.3 Å². The smallest absolute Gasteiger partial charge is 0.239 e. The molecule has 1 aromatic carbocycles. The molecule has 0 unspecified atom stereocenters. The molecule has 2 aliphatic rings. The van der Waals surface area contributed by atoms with E-state index in [4.69, 9.17) is 4.74 Å². The lowest BCUT2D eigenvalue weighted by molar-refractivity contribution is -0.126. The first-order valence-corrected chi connectivity index (χ1v) is 12.1. The molecule has 2 fully saturated rings. The number of methoxy groups -OCH3 is 1. The van der Waals surface area contributed by atoms with Gasteiger partial charge in [0, 0.05) is 49.6 Å². The predicted molar refractivity (Wildman–Crippen MR) is 126 cm³/mol. The Bertz CT molecular complexity index is 902. The van der Waals surface area contributed by atoms with Crippen LogP contribution in [0.2, 0.25) is 0 Å². The number of nitrogens with zero attached hydrogens (tertiary/aromatic N) is 2. The molecule has 7 nitrogen and oxygen atoms in total. The van der Waals surface area contributed by atoms with E-state index < -0.39 is 0 Å². The van der Waals surface area contributed by atoms with Crippen molar-refractivity contribution in [2.45, 2.75) is 50.5 Å². The minimum absolute atomic E-state index is 0.0343. The van der Waals surface area contributed by atoms with Crippen molar-refractivity contribution in [3.05, 3.63) is 52.2 Å². The summed E-state index contributed by atoms with van der Waals surface area (Å²) in [6.45, 7) is 2.82. The van der Waals surface area contributed by atoms with Crippen LogP contribution in [0.4, 0.5) is 0 Å². The van der Waals surface area contributed by atoms with E-state index in [9.17, 15) is 9.59 Å². The van der Waals surface area contributed by atoms with E-state index in [1.165, 1.54) is 4.88 Å². The van der Waals surface area contributed by atoms with Crippen LogP contribution in [0, 0.1) is 0 Å². The Morgan fingerprint density at radius 2 is 2.09 bits per heavy atom. The van der Waals surface area contributed by atoms with Crippen LogP contribution in [0.1, 0.15) is 29.7 Å². The van der Waals surface area contributed by atoms with Gasteiger partial charge in [0.25, 0.3) is 0 Å². The number of ether oxygens (including phenoxy) is 1. The van der Waals surface area contributed by atoms with Gasteiger partial charge in [0.15, 0.2) is 0 Å². The number of fused-ring (bicyclic) bond motifs is 1. The van der Waals surface area contributed by atoms with Crippen LogP contribution in [0.3, 0.4) is 0 Å². The maximum Gasteiger partial charge on any atom is 0.239 e. The lowest BCUT2D eigenvalue weighted by atomic mass is 10.0. The Hall–Kier alpha value is -2.42. The van der Waals surface area contributed by atoms with E-state index >= 15 is 0 Å². The second-order valence-corrected chi connectivity index (χ2v) is 9.61. The van der Waals surface area contributed by atoms with Gasteiger partial charge in [-0.1, -0.05) is 18.2 Å². The zero-order valence-electron chi connectivity index (χ0n) is 18.8. The number of carbonyl (C=O) groups is 2. The van der Waals surface area contributed by atoms with Crippen LogP contribution in [0.5, 0.6) is 5.75 Å². The molecule has 0 radical (unpaired) electrons. The lowest BCUT2D eigenvalue weighted by Crippen LogP contribution is -2.49. The Kier molecular flexibility index (Phi) is 7.44. The maximum atomic E-state index is 12.9. The molecule has 2 aliphatic heterocycles. The highest BCUT2D eigenvalue weighted by Gasteiger charge is 2.44. The van der Waals surface area contributed by atoms with Gasteiger partial charge in [-0.15, -0.1) is 11.3 Å². The molecule has 2 saturated heterocycles. The van der Waals surface area contributed by atoms with Crippen LogP contribution in [-0.2, 0) is 22.7 Å². The standard InChI is InChI=1S/C24H32N4O3S/c1-27-18(7-10-22(29)25-14-17-5-8-19(31-2)9-6-17)15-26-24(30)23-21(27)11-12-28(23)16-20-4-3-13-32-20/h3-6,8-9,13,18,21,23H,7,10-12,14-16H2,1-2H3,(H,25,29)(H,26,30)/t18-,21+,23-/m0/s1. The molecule has 3 heterocycles. The third-order valence-electron chi connectivity index (χ3n) is 6.64. The maximum absolute atomic E-state index is 12.9. The SMILES string of the molecule is COc1ccc(CNC(=O)CC[C@H]2CNC(=O)[C@@H]3[C@@H](CCN3Cc3cccs3)N2C)cc1. The molecular formula is C24H32N4O3S. The molecule has 2 aromatic rings.